The lowest BCUT2D eigenvalue weighted by Gasteiger charge is -2.48. The van der Waals surface area contributed by atoms with Gasteiger partial charge in [-0.25, -0.2) is 4.39 Å². The number of hydrogen-bond donors (Lipinski definition) is 0. The van der Waals surface area contributed by atoms with E-state index in [2.05, 4.69) is 48.2 Å². The number of methoxy groups -OCH3 is 1. The van der Waals surface area contributed by atoms with Gasteiger partial charge < -0.3 is 14.4 Å². The molecule has 0 bridgehead atoms. The third-order valence-electron chi connectivity index (χ3n) is 6.77. The molecule has 3 nitrogen and oxygen atoms in total. The van der Waals surface area contributed by atoms with Crippen molar-refractivity contribution in [3.05, 3.63) is 125 Å². The summed E-state index contributed by atoms with van der Waals surface area (Å²) in [4.78, 5) is 2.30. The van der Waals surface area contributed by atoms with E-state index >= 15 is 0 Å². The standard InChI is InChI=1S/C30H28FNO2/c1-30(24-11-13-27(14-12-24)34-21-22-7-4-3-5-8-22)29-16-15-28(33-2)19-23(29)17-18-32(30)26-10-6-9-25(31)20-26/h3-16,19-20H,17-18,21H2,1-2H3. The summed E-state index contributed by atoms with van der Waals surface area (Å²) in [5.74, 6) is 1.44. The highest BCUT2D eigenvalue weighted by Crippen LogP contribution is 2.44. The van der Waals surface area contributed by atoms with Gasteiger partial charge >= 0.3 is 0 Å². The monoisotopic (exact) mass is 453 g/mol. The molecule has 4 heteroatoms. The highest BCUT2D eigenvalue weighted by molar-refractivity contribution is 5.60. The predicted molar refractivity (Wildman–Crippen MR) is 134 cm³/mol. The van der Waals surface area contributed by atoms with E-state index in [1.54, 1.807) is 19.2 Å². The minimum Gasteiger partial charge on any atom is -0.497 e. The van der Waals surface area contributed by atoms with Crippen LogP contribution >= 0.6 is 0 Å². The lowest BCUT2D eigenvalue weighted by molar-refractivity contribution is 0.306. The summed E-state index contributed by atoms with van der Waals surface area (Å²) in [6, 6.07) is 31.5. The van der Waals surface area contributed by atoms with Crippen molar-refractivity contribution in [2.45, 2.75) is 25.5 Å². The molecule has 0 spiro atoms. The topological polar surface area (TPSA) is 21.7 Å². The molecule has 0 amide bonds. The summed E-state index contributed by atoms with van der Waals surface area (Å²) in [5, 5.41) is 0. The highest BCUT2D eigenvalue weighted by Gasteiger charge is 2.40. The molecule has 0 saturated carbocycles. The molecule has 0 aromatic heterocycles. The van der Waals surface area contributed by atoms with Crippen molar-refractivity contribution in [2.24, 2.45) is 0 Å². The summed E-state index contributed by atoms with van der Waals surface area (Å²) in [6.07, 6.45) is 0.858. The minimum absolute atomic E-state index is 0.231. The molecular formula is C30H28FNO2. The molecule has 5 rings (SSSR count). The first kappa shape index (κ1) is 22.0. The Balaban J connectivity index is 1.52. The Hall–Kier alpha value is -3.79. The van der Waals surface area contributed by atoms with Gasteiger partial charge in [0.25, 0.3) is 0 Å². The molecule has 4 aromatic carbocycles. The highest BCUT2D eigenvalue weighted by atomic mass is 19.1. The van der Waals surface area contributed by atoms with Crippen molar-refractivity contribution in [3.8, 4) is 11.5 Å². The summed E-state index contributed by atoms with van der Waals surface area (Å²) >= 11 is 0. The molecule has 1 aliphatic heterocycles. The van der Waals surface area contributed by atoms with E-state index in [-0.39, 0.29) is 5.82 Å². The number of nitrogens with zero attached hydrogens (tertiary/aromatic N) is 1. The van der Waals surface area contributed by atoms with E-state index < -0.39 is 5.54 Å². The molecule has 0 aliphatic carbocycles. The number of halogens is 1. The lowest BCUT2D eigenvalue weighted by Crippen LogP contribution is -2.49. The Morgan fingerprint density at radius 1 is 0.853 bits per heavy atom. The third kappa shape index (κ3) is 4.12. The van der Waals surface area contributed by atoms with Crippen molar-refractivity contribution in [3.63, 3.8) is 0 Å². The van der Waals surface area contributed by atoms with Crippen molar-refractivity contribution in [2.75, 3.05) is 18.6 Å². The number of hydrogen-bond acceptors (Lipinski definition) is 3. The molecule has 172 valence electrons. The lowest BCUT2D eigenvalue weighted by atomic mass is 9.76. The number of ether oxygens (including phenoxy) is 2. The van der Waals surface area contributed by atoms with Crippen LogP contribution in [0.3, 0.4) is 0 Å². The quantitative estimate of drug-likeness (QED) is 0.323. The Kier molecular flexibility index (Phi) is 5.97. The minimum atomic E-state index is -0.481. The summed E-state index contributed by atoms with van der Waals surface area (Å²) in [5.41, 5.74) is 5.08. The maximum absolute atomic E-state index is 14.2. The SMILES string of the molecule is COc1ccc2c(c1)CCN(c1cccc(F)c1)C2(C)c1ccc(OCc2ccccc2)cc1. The van der Waals surface area contributed by atoms with E-state index in [0.29, 0.717) is 6.61 Å². The maximum atomic E-state index is 14.2. The second-order valence-electron chi connectivity index (χ2n) is 8.78. The van der Waals surface area contributed by atoms with Gasteiger partial charge in [0.05, 0.1) is 12.6 Å². The maximum Gasteiger partial charge on any atom is 0.125 e. The Labute approximate surface area is 200 Å². The molecule has 1 heterocycles. The summed E-state index contributed by atoms with van der Waals surface area (Å²) < 4.78 is 25.7. The fourth-order valence-corrected chi connectivity index (χ4v) is 4.94. The number of benzene rings is 4. The van der Waals surface area contributed by atoms with Crippen LogP contribution in [-0.2, 0) is 18.6 Å². The first-order valence-corrected chi connectivity index (χ1v) is 11.6. The average molecular weight is 454 g/mol. The van der Waals surface area contributed by atoms with Crippen LogP contribution in [0.25, 0.3) is 0 Å². The first-order valence-electron chi connectivity index (χ1n) is 11.6. The number of fused-ring (bicyclic) bond motifs is 1. The van der Waals surface area contributed by atoms with Crippen LogP contribution in [0.4, 0.5) is 10.1 Å². The Morgan fingerprint density at radius 2 is 1.62 bits per heavy atom. The molecule has 1 atom stereocenters. The van der Waals surface area contributed by atoms with Gasteiger partial charge in [0.2, 0.25) is 0 Å². The molecule has 34 heavy (non-hydrogen) atoms. The smallest absolute Gasteiger partial charge is 0.125 e. The van der Waals surface area contributed by atoms with Crippen molar-refractivity contribution < 1.29 is 13.9 Å². The summed E-state index contributed by atoms with van der Waals surface area (Å²) in [7, 11) is 1.69. The van der Waals surface area contributed by atoms with Crippen LogP contribution < -0.4 is 14.4 Å². The normalized spacial score (nSPS) is 17.2. The predicted octanol–water partition coefficient (Wildman–Crippen LogP) is 6.74. The van der Waals surface area contributed by atoms with Gasteiger partial charge in [0.15, 0.2) is 0 Å². The fraction of sp³-hybridized carbons (Fsp3) is 0.200. The molecule has 0 saturated heterocycles. The molecule has 0 radical (unpaired) electrons. The third-order valence-corrected chi connectivity index (χ3v) is 6.77. The zero-order valence-corrected chi connectivity index (χ0v) is 19.5. The Morgan fingerprint density at radius 3 is 2.35 bits per heavy atom. The molecule has 0 N–H and O–H groups in total. The van der Waals surface area contributed by atoms with Crippen molar-refractivity contribution >= 4 is 5.69 Å². The van der Waals surface area contributed by atoms with Crippen LogP contribution in [-0.4, -0.2) is 13.7 Å². The van der Waals surface area contributed by atoms with Gasteiger partial charge in [-0.3, -0.25) is 0 Å². The zero-order valence-electron chi connectivity index (χ0n) is 19.5. The van der Waals surface area contributed by atoms with Crippen molar-refractivity contribution in [1.29, 1.82) is 0 Å². The van der Waals surface area contributed by atoms with E-state index in [1.165, 1.54) is 17.2 Å². The van der Waals surface area contributed by atoms with Gasteiger partial charge in [-0.05, 0) is 78.1 Å². The average Bonchev–Trinajstić information content (AvgIpc) is 2.88. The zero-order chi connectivity index (χ0) is 23.5. The molecule has 0 fully saturated rings. The van der Waals surface area contributed by atoms with Gasteiger partial charge in [0.1, 0.15) is 23.9 Å². The van der Waals surface area contributed by atoms with Gasteiger partial charge in [0, 0.05) is 12.2 Å². The van der Waals surface area contributed by atoms with Crippen LogP contribution in [0.2, 0.25) is 0 Å². The summed E-state index contributed by atoms with van der Waals surface area (Å²) in [6.45, 7) is 3.50. The van der Waals surface area contributed by atoms with Crippen LogP contribution in [0.15, 0.2) is 97.1 Å². The van der Waals surface area contributed by atoms with Gasteiger partial charge in [-0.15, -0.1) is 0 Å². The largest absolute Gasteiger partial charge is 0.497 e. The first-order chi connectivity index (χ1) is 16.6. The number of rotatable bonds is 6. The molecule has 4 aromatic rings. The van der Waals surface area contributed by atoms with E-state index in [0.717, 1.165) is 41.3 Å². The van der Waals surface area contributed by atoms with Crippen LogP contribution in [0.5, 0.6) is 11.5 Å². The molecule has 1 unspecified atom stereocenters. The van der Waals surface area contributed by atoms with Crippen LogP contribution in [0, 0.1) is 5.82 Å². The number of anilines is 1. The fourth-order valence-electron chi connectivity index (χ4n) is 4.94. The van der Waals surface area contributed by atoms with Gasteiger partial charge in [-0.1, -0.05) is 54.6 Å². The van der Waals surface area contributed by atoms with Crippen LogP contribution in [0.1, 0.15) is 29.2 Å². The Bertz CT molecular complexity index is 1270. The van der Waals surface area contributed by atoms with E-state index in [9.17, 15) is 4.39 Å². The van der Waals surface area contributed by atoms with Gasteiger partial charge in [-0.2, -0.15) is 0 Å². The second-order valence-corrected chi connectivity index (χ2v) is 8.78. The second kappa shape index (κ2) is 9.22. The molecule has 1 aliphatic rings. The van der Waals surface area contributed by atoms with Crippen molar-refractivity contribution in [1.82, 2.24) is 0 Å². The molecular weight excluding hydrogens is 425 g/mol. The van der Waals surface area contributed by atoms with E-state index in [4.69, 9.17) is 9.47 Å². The van der Waals surface area contributed by atoms with E-state index in [1.807, 2.05) is 42.5 Å².